The number of fused-ring (bicyclic) bond motifs is 1. The third-order valence-corrected chi connectivity index (χ3v) is 4.16. The summed E-state index contributed by atoms with van der Waals surface area (Å²) >= 11 is 0. The Kier molecular flexibility index (Phi) is 5.53. The number of hydrogen-bond donors (Lipinski definition) is 2. The lowest BCUT2D eigenvalue weighted by molar-refractivity contribution is -0.137. The molecule has 2 aromatic rings. The van der Waals surface area contributed by atoms with Gasteiger partial charge < -0.3 is 25.3 Å². The van der Waals surface area contributed by atoms with Gasteiger partial charge in [0.15, 0.2) is 17.6 Å². The van der Waals surface area contributed by atoms with Gasteiger partial charge >= 0.3 is 12.1 Å². The van der Waals surface area contributed by atoms with Crippen molar-refractivity contribution in [3.63, 3.8) is 0 Å². The number of nitrogens with two attached hydrogens (primary N) is 1. The van der Waals surface area contributed by atoms with Crippen LogP contribution in [0, 0.1) is 0 Å². The van der Waals surface area contributed by atoms with Gasteiger partial charge in [0, 0.05) is 12.2 Å². The topological polar surface area (TPSA) is 99.9 Å². The van der Waals surface area contributed by atoms with Crippen molar-refractivity contribution < 1.29 is 37.0 Å². The first-order valence-corrected chi connectivity index (χ1v) is 8.49. The smallest absolute Gasteiger partial charge is 0.416 e. The minimum Gasteiger partial charge on any atom is -0.454 e. The van der Waals surface area contributed by atoms with E-state index in [4.69, 9.17) is 19.9 Å². The molecule has 29 heavy (non-hydrogen) atoms. The maximum Gasteiger partial charge on any atom is 0.416 e. The van der Waals surface area contributed by atoms with E-state index < -0.39 is 35.4 Å². The molecule has 0 aliphatic carbocycles. The molecule has 1 heterocycles. The average molecular weight is 410 g/mol. The number of alkyl halides is 3. The van der Waals surface area contributed by atoms with Crippen molar-refractivity contribution >= 4 is 17.6 Å². The lowest BCUT2D eigenvalue weighted by Crippen LogP contribution is -2.35. The van der Waals surface area contributed by atoms with Crippen LogP contribution in [0.25, 0.3) is 0 Å². The normalized spacial score (nSPS) is 13.7. The van der Waals surface area contributed by atoms with Crippen molar-refractivity contribution in [3.8, 4) is 11.5 Å². The fourth-order valence-corrected chi connectivity index (χ4v) is 2.59. The number of halogens is 3. The van der Waals surface area contributed by atoms with Crippen molar-refractivity contribution in [1.29, 1.82) is 0 Å². The third kappa shape index (κ3) is 4.71. The number of ether oxygens (including phenoxy) is 3. The summed E-state index contributed by atoms with van der Waals surface area (Å²) in [6.45, 7) is 1.62. The van der Waals surface area contributed by atoms with E-state index in [9.17, 15) is 22.8 Å². The van der Waals surface area contributed by atoms with Gasteiger partial charge in [0.1, 0.15) is 0 Å². The van der Waals surface area contributed by atoms with Crippen LogP contribution >= 0.6 is 0 Å². The number of carbonyl (C=O) groups is 2. The van der Waals surface area contributed by atoms with Gasteiger partial charge in [0.2, 0.25) is 6.79 Å². The molecule has 154 valence electrons. The molecular weight excluding hydrogens is 393 g/mol. The van der Waals surface area contributed by atoms with Gasteiger partial charge in [-0.2, -0.15) is 13.2 Å². The molecule has 0 saturated heterocycles. The van der Waals surface area contributed by atoms with Crippen molar-refractivity contribution in [2.75, 3.05) is 12.5 Å². The Balaban J connectivity index is 1.57. The number of amides is 1. The molecular formula is C19H17F3N2O5. The predicted octanol–water partition coefficient (Wildman–Crippen LogP) is 2.88. The Labute approximate surface area is 163 Å². The van der Waals surface area contributed by atoms with E-state index in [1.165, 1.54) is 6.92 Å². The van der Waals surface area contributed by atoms with Crippen molar-refractivity contribution in [3.05, 3.63) is 53.1 Å². The first-order valence-electron chi connectivity index (χ1n) is 8.49. The summed E-state index contributed by atoms with van der Waals surface area (Å²) in [7, 11) is 0. The minimum absolute atomic E-state index is 0.130. The molecule has 0 unspecified atom stereocenters. The maximum absolute atomic E-state index is 12.7. The minimum atomic E-state index is -4.58. The fraction of sp³-hybridized carbons (Fsp3) is 0.263. The summed E-state index contributed by atoms with van der Waals surface area (Å²) < 4.78 is 53.5. The molecule has 3 N–H and O–H groups in total. The van der Waals surface area contributed by atoms with E-state index in [1.807, 2.05) is 0 Å². The molecule has 0 spiro atoms. The Morgan fingerprint density at radius 2 is 1.90 bits per heavy atom. The van der Waals surface area contributed by atoms with Gasteiger partial charge in [-0.1, -0.05) is 6.07 Å². The number of anilines is 1. The van der Waals surface area contributed by atoms with Gasteiger partial charge in [-0.05, 0) is 42.8 Å². The van der Waals surface area contributed by atoms with Crippen LogP contribution in [0.1, 0.15) is 28.4 Å². The molecule has 1 atom stereocenters. The highest BCUT2D eigenvalue weighted by Crippen LogP contribution is 2.33. The molecule has 10 heteroatoms. The molecule has 0 bridgehead atoms. The highest BCUT2D eigenvalue weighted by Gasteiger charge is 2.31. The van der Waals surface area contributed by atoms with E-state index in [0.717, 1.165) is 17.7 Å². The lowest BCUT2D eigenvalue weighted by Gasteiger charge is -2.15. The summed E-state index contributed by atoms with van der Waals surface area (Å²) in [6, 6.07) is 7.44. The summed E-state index contributed by atoms with van der Waals surface area (Å²) in [6.07, 6.45) is -5.77. The van der Waals surface area contributed by atoms with Gasteiger partial charge in [-0.25, -0.2) is 4.79 Å². The van der Waals surface area contributed by atoms with Crippen LogP contribution in [0.15, 0.2) is 36.4 Å². The molecule has 1 aliphatic heterocycles. The lowest BCUT2D eigenvalue weighted by atomic mass is 10.1. The zero-order valence-electron chi connectivity index (χ0n) is 15.2. The summed E-state index contributed by atoms with van der Waals surface area (Å²) in [5.41, 5.74) is 4.64. The van der Waals surface area contributed by atoms with Crippen LogP contribution in [0.5, 0.6) is 11.5 Å². The van der Waals surface area contributed by atoms with Crippen LogP contribution < -0.4 is 20.5 Å². The number of hydrogen-bond acceptors (Lipinski definition) is 6. The predicted molar refractivity (Wildman–Crippen MR) is 95.1 cm³/mol. The maximum atomic E-state index is 12.7. The summed E-state index contributed by atoms with van der Waals surface area (Å²) in [4.78, 5) is 24.3. The highest BCUT2D eigenvalue weighted by molar-refractivity contribution is 5.96. The highest BCUT2D eigenvalue weighted by atomic mass is 19.4. The van der Waals surface area contributed by atoms with Gasteiger partial charge in [0.25, 0.3) is 5.91 Å². The number of benzene rings is 2. The largest absolute Gasteiger partial charge is 0.454 e. The summed E-state index contributed by atoms with van der Waals surface area (Å²) in [5.74, 6) is -0.408. The Bertz CT molecular complexity index is 946. The van der Waals surface area contributed by atoms with Gasteiger partial charge in [-0.3, -0.25) is 4.79 Å². The fourth-order valence-electron chi connectivity index (χ4n) is 2.59. The van der Waals surface area contributed by atoms with Crippen LogP contribution in [0.2, 0.25) is 0 Å². The summed E-state index contributed by atoms with van der Waals surface area (Å²) in [5, 5.41) is 2.60. The number of carbonyl (C=O) groups excluding carboxylic acids is 2. The van der Waals surface area contributed by atoms with E-state index in [-0.39, 0.29) is 18.9 Å². The molecule has 7 nitrogen and oxygen atoms in total. The monoisotopic (exact) mass is 410 g/mol. The Morgan fingerprint density at radius 3 is 2.59 bits per heavy atom. The average Bonchev–Trinajstić information content (AvgIpc) is 3.12. The molecule has 1 amide bonds. The number of nitrogen functional groups attached to an aromatic ring is 1. The zero-order valence-corrected chi connectivity index (χ0v) is 15.2. The molecule has 0 saturated carbocycles. The number of nitrogens with one attached hydrogen (secondary N) is 1. The molecule has 0 radical (unpaired) electrons. The molecule has 3 rings (SSSR count). The quantitative estimate of drug-likeness (QED) is 0.581. The van der Waals surface area contributed by atoms with Gasteiger partial charge in [0.05, 0.1) is 11.1 Å². The standard InChI is InChI=1S/C19H17F3N2O5/c1-10(17(25)24-8-11-2-5-15-16(6-11)28-9-27-15)29-18(26)13-4-3-12(7-14(13)23)19(20,21)22/h2-7,10H,8-9,23H2,1H3,(H,24,25)/t10-/m0/s1. The second-order valence-electron chi connectivity index (χ2n) is 6.25. The Morgan fingerprint density at radius 1 is 1.17 bits per heavy atom. The Hall–Kier alpha value is -3.43. The first-order chi connectivity index (χ1) is 13.6. The van der Waals surface area contributed by atoms with Crippen LogP contribution in [0.3, 0.4) is 0 Å². The van der Waals surface area contributed by atoms with Crippen molar-refractivity contribution in [2.24, 2.45) is 0 Å². The molecule has 0 aromatic heterocycles. The van der Waals surface area contributed by atoms with Gasteiger partial charge in [-0.15, -0.1) is 0 Å². The van der Waals surface area contributed by atoms with E-state index in [1.54, 1.807) is 18.2 Å². The van der Waals surface area contributed by atoms with Crippen LogP contribution in [-0.2, 0) is 22.3 Å². The molecule has 1 aliphatic rings. The van der Waals surface area contributed by atoms with Crippen molar-refractivity contribution in [2.45, 2.75) is 25.7 Å². The molecule has 0 fully saturated rings. The molecule has 2 aromatic carbocycles. The third-order valence-electron chi connectivity index (χ3n) is 4.16. The second-order valence-corrected chi connectivity index (χ2v) is 6.25. The first kappa shape index (κ1) is 20.3. The second kappa shape index (κ2) is 7.90. The van der Waals surface area contributed by atoms with Crippen LogP contribution in [0.4, 0.5) is 18.9 Å². The van der Waals surface area contributed by atoms with E-state index >= 15 is 0 Å². The zero-order chi connectivity index (χ0) is 21.2. The SMILES string of the molecule is C[C@H](OC(=O)c1ccc(C(F)(F)F)cc1N)C(=O)NCc1ccc2c(c1)OCO2. The number of esters is 1. The van der Waals surface area contributed by atoms with Crippen molar-refractivity contribution in [1.82, 2.24) is 5.32 Å². The number of rotatable bonds is 5. The van der Waals surface area contributed by atoms with E-state index in [0.29, 0.717) is 17.6 Å². The van der Waals surface area contributed by atoms with E-state index in [2.05, 4.69) is 5.32 Å². The van der Waals surface area contributed by atoms with Crippen LogP contribution in [-0.4, -0.2) is 24.8 Å².